The van der Waals surface area contributed by atoms with Gasteiger partial charge in [0.25, 0.3) is 11.7 Å². The number of ketones is 1. The molecule has 0 saturated carbocycles. The molecule has 3 rings (SSSR count). The zero-order chi connectivity index (χ0) is 21.8. The van der Waals surface area contributed by atoms with Crippen LogP contribution in [0.25, 0.3) is 5.76 Å². The van der Waals surface area contributed by atoms with Gasteiger partial charge in [0.1, 0.15) is 11.5 Å². The van der Waals surface area contributed by atoms with E-state index in [0.717, 1.165) is 11.1 Å². The van der Waals surface area contributed by atoms with Crippen LogP contribution >= 0.6 is 0 Å². The van der Waals surface area contributed by atoms with Crippen molar-refractivity contribution in [3.8, 4) is 5.75 Å². The van der Waals surface area contributed by atoms with Gasteiger partial charge in [-0.3, -0.25) is 9.59 Å². The first-order chi connectivity index (χ1) is 14.3. The zero-order valence-corrected chi connectivity index (χ0v) is 17.9. The van der Waals surface area contributed by atoms with Gasteiger partial charge in [0.05, 0.1) is 18.2 Å². The van der Waals surface area contributed by atoms with Crippen LogP contribution in [0.1, 0.15) is 29.7 Å². The van der Waals surface area contributed by atoms with E-state index in [1.807, 2.05) is 57.1 Å². The van der Waals surface area contributed by atoms with Gasteiger partial charge in [-0.2, -0.15) is 0 Å². The van der Waals surface area contributed by atoms with E-state index in [4.69, 9.17) is 4.74 Å². The summed E-state index contributed by atoms with van der Waals surface area (Å²) >= 11 is 0. The molecule has 6 nitrogen and oxygen atoms in total. The number of carbonyl (C=O) groups is 2. The van der Waals surface area contributed by atoms with E-state index in [1.54, 1.807) is 29.2 Å². The van der Waals surface area contributed by atoms with Gasteiger partial charge >= 0.3 is 0 Å². The summed E-state index contributed by atoms with van der Waals surface area (Å²) in [5.41, 5.74) is 2.39. The Morgan fingerprint density at radius 1 is 1.10 bits per heavy atom. The first kappa shape index (κ1) is 21.6. The van der Waals surface area contributed by atoms with E-state index in [0.29, 0.717) is 31.0 Å². The van der Waals surface area contributed by atoms with Crippen LogP contribution in [0.2, 0.25) is 0 Å². The van der Waals surface area contributed by atoms with Crippen molar-refractivity contribution in [3.05, 3.63) is 70.8 Å². The van der Waals surface area contributed by atoms with Gasteiger partial charge < -0.3 is 19.6 Å². The molecular weight excluding hydrogens is 380 g/mol. The van der Waals surface area contributed by atoms with Gasteiger partial charge in [-0.15, -0.1) is 0 Å². The van der Waals surface area contributed by atoms with Crippen molar-refractivity contribution in [1.29, 1.82) is 0 Å². The molecule has 6 heteroatoms. The molecule has 1 atom stereocenters. The molecule has 1 N–H and O–H groups in total. The van der Waals surface area contributed by atoms with Crippen LogP contribution < -0.4 is 4.74 Å². The second-order valence-electron chi connectivity index (χ2n) is 7.61. The lowest BCUT2D eigenvalue weighted by Crippen LogP contribution is -2.35. The topological polar surface area (TPSA) is 70.1 Å². The number of ether oxygens (including phenoxy) is 1. The minimum absolute atomic E-state index is 0.122. The van der Waals surface area contributed by atoms with Gasteiger partial charge in [-0.25, -0.2) is 0 Å². The number of rotatable bonds is 7. The van der Waals surface area contributed by atoms with Crippen molar-refractivity contribution in [2.24, 2.45) is 0 Å². The SMILES string of the molecule is CCOc1ccc(/C(O)=C2/C(=O)C(=O)N(CCN(C)C)C2c2ccccc2C)cc1. The quantitative estimate of drug-likeness (QED) is 0.432. The number of aryl methyl sites for hydroxylation is 1. The molecule has 1 unspecified atom stereocenters. The Morgan fingerprint density at radius 3 is 2.37 bits per heavy atom. The minimum Gasteiger partial charge on any atom is -0.507 e. The van der Waals surface area contributed by atoms with Crippen LogP contribution in [0.5, 0.6) is 5.75 Å². The highest BCUT2D eigenvalue weighted by atomic mass is 16.5. The molecule has 2 aromatic carbocycles. The summed E-state index contributed by atoms with van der Waals surface area (Å²) in [7, 11) is 3.83. The van der Waals surface area contributed by atoms with Crippen LogP contribution in [-0.4, -0.2) is 60.4 Å². The van der Waals surface area contributed by atoms with Gasteiger partial charge in [-0.05, 0) is 63.3 Å². The highest BCUT2D eigenvalue weighted by molar-refractivity contribution is 6.46. The van der Waals surface area contributed by atoms with Crippen LogP contribution in [0, 0.1) is 6.92 Å². The standard InChI is InChI=1S/C24H28N2O4/c1-5-30-18-12-10-17(11-13-18)22(27)20-21(19-9-7-6-8-16(19)2)26(15-14-25(3)4)24(29)23(20)28/h6-13,21,27H,5,14-15H2,1-4H3/b22-20-. The number of carbonyl (C=O) groups excluding carboxylic acids is 2. The van der Waals surface area contributed by atoms with E-state index in [1.165, 1.54) is 0 Å². The van der Waals surface area contributed by atoms with Gasteiger partial charge in [0.2, 0.25) is 0 Å². The van der Waals surface area contributed by atoms with Crippen LogP contribution in [0.15, 0.2) is 54.1 Å². The summed E-state index contributed by atoms with van der Waals surface area (Å²) in [4.78, 5) is 29.4. The van der Waals surface area contributed by atoms with Gasteiger partial charge in [0, 0.05) is 18.7 Å². The monoisotopic (exact) mass is 408 g/mol. The highest BCUT2D eigenvalue weighted by Crippen LogP contribution is 2.40. The Balaban J connectivity index is 2.11. The number of Topliss-reactive ketones (excluding diaryl/α,β-unsaturated/α-hetero) is 1. The molecule has 30 heavy (non-hydrogen) atoms. The molecule has 0 aromatic heterocycles. The highest BCUT2D eigenvalue weighted by Gasteiger charge is 2.46. The number of hydrogen-bond donors (Lipinski definition) is 1. The van der Waals surface area contributed by atoms with E-state index < -0.39 is 17.7 Å². The van der Waals surface area contributed by atoms with E-state index in [2.05, 4.69) is 0 Å². The van der Waals surface area contributed by atoms with Crippen molar-refractivity contribution >= 4 is 17.4 Å². The van der Waals surface area contributed by atoms with Crippen molar-refractivity contribution in [3.63, 3.8) is 0 Å². The lowest BCUT2D eigenvalue weighted by molar-refractivity contribution is -0.140. The predicted octanol–water partition coefficient (Wildman–Crippen LogP) is 3.38. The fraction of sp³-hybridized carbons (Fsp3) is 0.333. The molecule has 1 saturated heterocycles. The Morgan fingerprint density at radius 2 is 1.77 bits per heavy atom. The summed E-state index contributed by atoms with van der Waals surface area (Å²) in [6.45, 7) is 5.37. The smallest absolute Gasteiger partial charge is 0.295 e. The molecule has 0 radical (unpaired) electrons. The number of aliphatic hydroxyl groups is 1. The number of amides is 1. The van der Waals surface area contributed by atoms with Gasteiger partial charge in [-0.1, -0.05) is 24.3 Å². The van der Waals surface area contributed by atoms with E-state index in [-0.39, 0.29) is 11.3 Å². The van der Waals surface area contributed by atoms with Crippen molar-refractivity contribution in [2.45, 2.75) is 19.9 Å². The number of benzene rings is 2. The molecule has 0 aliphatic carbocycles. The number of aliphatic hydroxyl groups excluding tert-OH is 1. The molecule has 2 aromatic rings. The lowest BCUT2D eigenvalue weighted by Gasteiger charge is -2.27. The maximum atomic E-state index is 13.0. The molecule has 1 fully saturated rings. The Kier molecular flexibility index (Phi) is 6.57. The number of nitrogens with zero attached hydrogens (tertiary/aromatic N) is 2. The number of likely N-dealkylation sites (tertiary alicyclic amines) is 1. The van der Waals surface area contributed by atoms with Crippen molar-refractivity contribution in [1.82, 2.24) is 9.80 Å². The van der Waals surface area contributed by atoms with E-state index >= 15 is 0 Å². The summed E-state index contributed by atoms with van der Waals surface area (Å²) in [5.74, 6) is -0.737. The van der Waals surface area contributed by atoms with Crippen molar-refractivity contribution < 1.29 is 19.4 Å². The first-order valence-corrected chi connectivity index (χ1v) is 10.1. The average Bonchev–Trinajstić information content (AvgIpc) is 2.97. The molecule has 1 amide bonds. The van der Waals surface area contributed by atoms with Crippen molar-refractivity contribution in [2.75, 3.05) is 33.8 Å². The first-order valence-electron chi connectivity index (χ1n) is 10.1. The third kappa shape index (κ3) is 4.24. The minimum atomic E-state index is -0.659. The molecule has 1 heterocycles. The molecular formula is C24H28N2O4. The second-order valence-corrected chi connectivity index (χ2v) is 7.61. The maximum Gasteiger partial charge on any atom is 0.295 e. The second kappa shape index (κ2) is 9.13. The average molecular weight is 408 g/mol. The van der Waals surface area contributed by atoms with E-state index in [9.17, 15) is 14.7 Å². The van der Waals surface area contributed by atoms with Crippen LogP contribution in [-0.2, 0) is 9.59 Å². The third-order valence-corrected chi connectivity index (χ3v) is 5.25. The molecule has 1 aliphatic heterocycles. The summed E-state index contributed by atoms with van der Waals surface area (Å²) in [5, 5.41) is 11.1. The zero-order valence-electron chi connectivity index (χ0n) is 17.9. The fourth-order valence-corrected chi connectivity index (χ4v) is 3.67. The lowest BCUT2D eigenvalue weighted by atomic mass is 9.92. The summed E-state index contributed by atoms with van der Waals surface area (Å²) in [6, 6.07) is 13.9. The fourth-order valence-electron chi connectivity index (χ4n) is 3.67. The van der Waals surface area contributed by atoms with Crippen LogP contribution in [0.3, 0.4) is 0 Å². The third-order valence-electron chi connectivity index (χ3n) is 5.25. The Bertz CT molecular complexity index is 963. The van der Waals surface area contributed by atoms with Gasteiger partial charge in [0.15, 0.2) is 0 Å². The summed E-state index contributed by atoms with van der Waals surface area (Å²) < 4.78 is 5.45. The Labute approximate surface area is 177 Å². The normalized spacial score (nSPS) is 18.3. The van der Waals surface area contributed by atoms with Crippen LogP contribution in [0.4, 0.5) is 0 Å². The summed E-state index contributed by atoms with van der Waals surface area (Å²) in [6.07, 6.45) is 0. The number of hydrogen-bond acceptors (Lipinski definition) is 5. The number of likely N-dealkylation sites (N-methyl/N-ethyl adjacent to an activating group) is 1. The largest absolute Gasteiger partial charge is 0.507 e. The molecule has 158 valence electrons. The molecule has 0 spiro atoms. The Hall–Kier alpha value is -3.12. The predicted molar refractivity (Wildman–Crippen MR) is 116 cm³/mol. The molecule has 1 aliphatic rings. The molecule has 0 bridgehead atoms. The maximum absolute atomic E-state index is 13.0.